The summed E-state index contributed by atoms with van der Waals surface area (Å²) >= 11 is 1.60. The third-order valence-electron chi connectivity index (χ3n) is 8.59. The fraction of sp³-hybridized carbons (Fsp3) is 0.480. The maximum Gasteiger partial charge on any atom is 0.229 e. The Labute approximate surface area is 202 Å². The number of benzene rings is 1. The van der Waals surface area contributed by atoms with Gasteiger partial charge in [0.1, 0.15) is 5.82 Å². The molecule has 176 valence electrons. The number of thiophene rings is 1. The molecule has 0 amide bonds. The predicted molar refractivity (Wildman–Crippen MR) is 132 cm³/mol. The Balaban J connectivity index is 1.32. The SMILES string of the molecule is C[C@@H](Nc1nc2c(S(=O)(=O)c3ccccc3)nnn2c2ccsc12)C12CC3CC(CC(C3)C1)C2. The van der Waals surface area contributed by atoms with Gasteiger partial charge in [-0.3, -0.25) is 0 Å². The summed E-state index contributed by atoms with van der Waals surface area (Å²) in [6, 6.07) is 10.6. The summed E-state index contributed by atoms with van der Waals surface area (Å²) in [7, 11) is -3.84. The molecule has 4 saturated carbocycles. The number of sulfone groups is 1. The monoisotopic (exact) mass is 493 g/mol. The minimum atomic E-state index is -3.84. The number of nitrogens with zero attached hydrogens (tertiary/aromatic N) is 4. The molecule has 7 nitrogen and oxygen atoms in total. The maximum atomic E-state index is 13.4. The first-order valence-corrected chi connectivity index (χ1v) is 14.5. The van der Waals surface area contributed by atoms with Crippen molar-refractivity contribution in [2.24, 2.45) is 23.2 Å². The van der Waals surface area contributed by atoms with Crippen LogP contribution in [-0.4, -0.2) is 34.3 Å². The Bertz CT molecular complexity index is 1470. The molecule has 4 aliphatic carbocycles. The number of hydrogen-bond acceptors (Lipinski definition) is 7. The van der Waals surface area contributed by atoms with E-state index in [0.29, 0.717) is 5.41 Å². The van der Waals surface area contributed by atoms with Crippen molar-refractivity contribution in [2.45, 2.75) is 61.4 Å². The number of rotatable bonds is 5. The van der Waals surface area contributed by atoms with Gasteiger partial charge in [-0.05, 0) is 92.2 Å². The van der Waals surface area contributed by atoms with Crippen LogP contribution in [0.25, 0.3) is 15.9 Å². The van der Waals surface area contributed by atoms with Gasteiger partial charge in [0, 0.05) is 6.04 Å². The normalized spacial score (nSPS) is 29.1. The van der Waals surface area contributed by atoms with E-state index in [1.54, 1.807) is 46.2 Å². The zero-order valence-electron chi connectivity index (χ0n) is 19.0. The second-order valence-corrected chi connectivity index (χ2v) is 13.5. The Kier molecular flexibility index (Phi) is 4.43. The minimum absolute atomic E-state index is 0.0997. The van der Waals surface area contributed by atoms with Gasteiger partial charge in [0.2, 0.25) is 14.9 Å². The highest BCUT2D eigenvalue weighted by Gasteiger charge is 2.53. The number of hydrogen-bond donors (Lipinski definition) is 1. The Morgan fingerprint density at radius 2 is 1.74 bits per heavy atom. The van der Waals surface area contributed by atoms with Gasteiger partial charge < -0.3 is 5.32 Å². The van der Waals surface area contributed by atoms with E-state index in [1.807, 2.05) is 11.4 Å². The second kappa shape index (κ2) is 7.24. The maximum absolute atomic E-state index is 13.4. The molecule has 8 rings (SSSR count). The van der Waals surface area contributed by atoms with Crippen LogP contribution >= 0.6 is 11.3 Å². The van der Waals surface area contributed by atoms with Crippen molar-refractivity contribution in [2.75, 3.05) is 5.32 Å². The highest BCUT2D eigenvalue weighted by atomic mass is 32.2. The highest BCUT2D eigenvalue weighted by molar-refractivity contribution is 7.91. The summed E-state index contributed by atoms with van der Waals surface area (Å²) in [5, 5.41) is 13.9. The van der Waals surface area contributed by atoms with Gasteiger partial charge in [0.05, 0.1) is 15.1 Å². The summed E-state index contributed by atoms with van der Waals surface area (Å²) in [5.41, 5.74) is 1.41. The largest absolute Gasteiger partial charge is 0.366 e. The molecular formula is C25H27N5O2S2. The van der Waals surface area contributed by atoms with Crippen LogP contribution < -0.4 is 5.32 Å². The second-order valence-electron chi connectivity index (χ2n) is 10.7. The average Bonchev–Trinajstić information content (AvgIpc) is 3.46. The molecule has 34 heavy (non-hydrogen) atoms. The number of nitrogens with one attached hydrogen (secondary N) is 1. The van der Waals surface area contributed by atoms with E-state index < -0.39 is 9.84 Å². The third kappa shape index (κ3) is 2.99. The fourth-order valence-corrected chi connectivity index (χ4v) is 9.45. The first-order valence-electron chi connectivity index (χ1n) is 12.1. The van der Waals surface area contributed by atoms with Gasteiger partial charge in [-0.1, -0.05) is 23.4 Å². The molecule has 0 saturated heterocycles. The Morgan fingerprint density at radius 3 is 2.41 bits per heavy atom. The molecule has 1 N–H and O–H groups in total. The van der Waals surface area contributed by atoms with E-state index in [2.05, 4.69) is 22.6 Å². The molecule has 0 radical (unpaired) electrons. The van der Waals surface area contributed by atoms with E-state index in [-0.39, 0.29) is 21.6 Å². The van der Waals surface area contributed by atoms with Crippen LogP contribution in [-0.2, 0) is 9.84 Å². The molecule has 4 aliphatic rings. The molecule has 1 aromatic carbocycles. The summed E-state index contributed by atoms with van der Waals surface area (Å²) in [4.78, 5) is 5.05. The molecule has 0 unspecified atom stereocenters. The standard InChI is InChI=1S/C25H27N5O2S2/c1-15(25-12-16-9-17(13-25)11-18(10-16)14-25)26-22-21-20(7-8-33-21)30-23(27-22)24(28-29-30)34(31,32)19-5-3-2-4-6-19/h2-8,15-18H,9-14H2,1H3,(H,26,27)/t15-,16?,17?,18?,25?/m1/s1. The zero-order chi connectivity index (χ0) is 23.1. The molecule has 1 atom stereocenters. The summed E-state index contributed by atoms with van der Waals surface area (Å²) in [5.74, 6) is 3.35. The van der Waals surface area contributed by atoms with E-state index in [0.717, 1.165) is 33.8 Å². The van der Waals surface area contributed by atoms with Crippen molar-refractivity contribution >= 4 is 42.9 Å². The number of fused-ring (bicyclic) bond motifs is 3. The lowest BCUT2D eigenvalue weighted by molar-refractivity contribution is -0.0602. The highest BCUT2D eigenvalue weighted by Crippen LogP contribution is 2.61. The van der Waals surface area contributed by atoms with Crippen molar-refractivity contribution in [3.63, 3.8) is 0 Å². The molecule has 3 heterocycles. The van der Waals surface area contributed by atoms with Crippen LogP contribution in [0.15, 0.2) is 51.7 Å². The first kappa shape index (κ1) is 20.8. The lowest BCUT2D eigenvalue weighted by Crippen LogP contribution is -2.53. The molecule has 4 bridgehead atoms. The third-order valence-corrected chi connectivity index (χ3v) is 11.2. The molecule has 9 heteroatoms. The quantitative estimate of drug-likeness (QED) is 0.412. The van der Waals surface area contributed by atoms with Crippen LogP contribution in [0.4, 0.5) is 5.82 Å². The van der Waals surface area contributed by atoms with E-state index >= 15 is 0 Å². The van der Waals surface area contributed by atoms with Crippen LogP contribution in [0.5, 0.6) is 0 Å². The van der Waals surface area contributed by atoms with Crippen LogP contribution in [0, 0.1) is 23.2 Å². The van der Waals surface area contributed by atoms with Gasteiger partial charge in [0.25, 0.3) is 0 Å². The van der Waals surface area contributed by atoms with E-state index in [9.17, 15) is 8.42 Å². The van der Waals surface area contributed by atoms with Gasteiger partial charge in [-0.2, -0.15) is 4.52 Å². The summed E-state index contributed by atoms with van der Waals surface area (Å²) in [6.07, 6.45) is 8.12. The zero-order valence-corrected chi connectivity index (χ0v) is 20.6. The lowest BCUT2D eigenvalue weighted by atomic mass is 9.48. The molecule has 4 fully saturated rings. The molecule has 0 aliphatic heterocycles. The summed E-state index contributed by atoms with van der Waals surface area (Å²) in [6.45, 7) is 2.30. The summed E-state index contributed by atoms with van der Waals surface area (Å²) < 4.78 is 29.3. The van der Waals surface area contributed by atoms with Gasteiger partial charge in [-0.15, -0.1) is 16.4 Å². The van der Waals surface area contributed by atoms with Crippen LogP contribution in [0.3, 0.4) is 0 Å². The topological polar surface area (TPSA) is 89.2 Å². The Hall–Kier alpha value is -2.52. The van der Waals surface area contributed by atoms with Crippen LogP contribution in [0.2, 0.25) is 0 Å². The Morgan fingerprint density at radius 1 is 1.06 bits per heavy atom. The van der Waals surface area contributed by atoms with Crippen molar-refractivity contribution in [1.29, 1.82) is 0 Å². The molecule has 0 spiro atoms. The fourth-order valence-electron chi connectivity index (χ4n) is 7.37. The van der Waals surface area contributed by atoms with Gasteiger partial charge in [-0.25, -0.2) is 13.4 Å². The smallest absolute Gasteiger partial charge is 0.229 e. The van der Waals surface area contributed by atoms with Crippen molar-refractivity contribution in [1.82, 2.24) is 19.8 Å². The van der Waals surface area contributed by atoms with Gasteiger partial charge in [0.15, 0.2) is 5.65 Å². The number of aromatic nitrogens is 4. The van der Waals surface area contributed by atoms with Crippen molar-refractivity contribution < 1.29 is 8.42 Å². The minimum Gasteiger partial charge on any atom is -0.366 e. The van der Waals surface area contributed by atoms with E-state index in [4.69, 9.17) is 4.98 Å². The van der Waals surface area contributed by atoms with E-state index in [1.165, 1.54) is 38.5 Å². The lowest BCUT2D eigenvalue weighted by Gasteiger charge is -2.59. The van der Waals surface area contributed by atoms with Crippen molar-refractivity contribution in [3.05, 3.63) is 41.8 Å². The van der Waals surface area contributed by atoms with Crippen LogP contribution in [0.1, 0.15) is 45.4 Å². The van der Waals surface area contributed by atoms with Crippen molar-refractivity contribution in [3.8, 4) is 0 Å². The van der Waals surface area contributed by atoms with Gasteiger partial charge >= 0.3 is 0 Å². The average molecular weight is 494 g/mol. The molecule has 4 aromatic rings. The molecular weight excluding hydrogens is 466 g/mol. The predicted octanol–water partition coefficient (Wildman–Crippen LogP) is 5.19. The molecule has 3 aromatic heterocycles. The first-order chi connectivity index (χ1) is 16.4. The number of anilines is 1.